The highest BCUT2D eigenvalue weighted by molar-refractivity contribution is 5.78. The van der Waals surface area contributed by atoms with Crippen LogP contribution in [0.1, 0.15) is 19.8 Å². The predicted molar refractivity (Wildman–Crippen MR) is 63.7 cm³/mol. The lowest BCUT2D eigenvalue weighted by Crippen LogP contribution is -2.47. The summed E-state index contributed by atoms with van der Waals surface area (Å²) in [6, 6.07) is 0. The van der Waals surface area contributed by atoms with Gasteiger partial charge in [0.1, 0.15) is 0 Å². The number of carbonyl (C=O) groups excluding carboxylic acids is 1. The molecule has 0 aromatic carbocycles. The monoisotopic (exact) mass is 245 g/mol. The van der Waals surface area contributed by atoms with E-state index in [1.165, 1.54) is 14.0 Å². The summed E-state index contributed by atoms with van der Waals surface area (Å²) in [5.41, 5.74) is -1.44. The maximum absolute atomic E-state index is 11.3. The van der Waals surface area contributed by atoms with Crippen molar-refractivity contribution in [3.8, 4) is 0 Å². The van der Waals surface area contributed by atoms with Gasteiger partial charge in [-0.15, -0.1) is 0 Å². The second kappa shape index (κ2) is 6.33. The summed E-state index contributed by atoms with van der Waals surface area (Å²) in [5, 5.41) is 9.94. The van der Waals surface area contributed by atoms with Gasteiger partial charge in [-0.1, -0.05) is 0 Å². The first-order chi connectivity index (χ1) is 7.95. The minimum Gasteiger partial charge on any atom is -0.467 e. The van der Waals surface area contributed by atoms with E-state index in [-0.39, 0.29) is 6.54 Å². The van der Waals surface area contributed by atoms with Gasteiger partial charge in [0.2, 0.25) is 0 Å². The van der Waals surface area contributed by atoms with Crippen molar-refractivity contribution >= 4 is 5.97 Å². The average Bonchev–Trinajstić information content (AvgIpc) is 2.28. The summed E-state index contributed by atoms with van der Waals surface area (Å²) < 4.78 is 9.87. The summed E-state index contributed by atoms with van der Waals surface area (Å²) in [5.74, 6) is -0.00137. The van der Waals surface area contributed by atoms with E-state index in [1.807, 2.05) is 11.9 Å². The number of carbonyl (C=O) groups is 1. The van der Waals surface area contributed by atoms with Crippen molar-refractivity contribution in [3.05, 3.63) is 0 Å². The van der Waals surface area contributed by atoms with Crippen molar-refractivity contribution in [2.45, 2.75) is 25.4 Å². The number of hydrogen-bond donors (Lipinski definition) is 1. The normalized spacial score (nSPS) is 21.2. The van der Waals surface area contributed by atoms with Crippen molar-refractivity contribution < 1.29 is 19.4 Å². The third kappa shape index (κ3) is 4.61. The molecule has 1 aliphatic rings. The Balaban J connectivity index is 2.37. The Morgan fingerprint density at radius 2 is 2.12 bits per heavy atom. The van der Waals surface area contributed by atoms with Gasteiger partial charge in [0.15, 0.2) is 5.60 Å². The van der Waals surface area contributed by atoms with Crippen LogP contribution in [0.25, 0.3) is 0 Å². The van der Waals surface area contributed by atoms with Gasteiger partial charge >= 0.3 is 5.97 Å². The maximum atomic E-state index is 11.3. The van der Waals surface area contributed by atoms with Gasteiger partial charge in [-0.2, -0.15) is 0 Å². The largest absolute Gasteiger partial charge is 0.467 e. The van der Waals surface area contributed by atoms with Crippen LogP contribution in [0.5, 0.6) is 0 Å². The average molecular weight is 245 g/mol. The topological polar surface area (TPSA) is 59.0 Å². The molecule has 1 rings (SSSR count). The number of aliphatic hydroxyl groups is 1. The van der Waals surface area contributed by atoms with E-state index < -0.39 is 11.6 Å². The van der Waals surface area contributed by atoms with E-state index in [0.29, 0.717) is 5.92 Å². The van der Waals surface area contributed by atoms with Crippen LogP contribution in [-0.2, 0) is 14.3 Å². The summed E-state index contributed by atoms with van der Waals surface area (Å²) in [6.07, 6.45) is 2.09. The van der Waals surface area contributed by atoms with Crippen LogP contribution in [0.2, 0.25) is 0 Å². The Kier molecular flexibility index (Phi) is 5.36. The Labute approximate surface area is 103 Å². The molecule has 0 saturated carbocycles. The van der Waals surface area contributed by atoms with Crippen molar-refractivity contribution in [1.29, 1.82) is 0 Å². The van der Waals surface area contributed by atoms with Gasteiger partial charge in [0.05, 0.1) is 7.11 Å². The minimum atomic E-state index is -1.44. The van der Waals surface area contributed by atoms with Crippen molar-refractivity contribution in [2.24, 2.45) is 5.92 Å². The number of likely N-dealkylation sites (N-methyl/N-ethyl adjacent to an activating group) is 1. The van der Waals surface area contributed by atoms with E-state index in [9.17, 15) is 9.90 Å². The Hall–Kier alpha value is -0.650. The maximum Gasteiger partial charge on any atom is 0.338 e. The van der Waals surface area contributed by atoms with Crippen molar-refractivity contribution in [1.82, 2.24) is 4.90 Å². The lowest BCUT2D eigenvalue weighted by Gasteiger charge is -2.31. The molecule has 1 heterocycles. The second-order valence-corrected chi connectivity index (χ2v) is 5.02. The van der Waals surface area contributed by atoms with E-state index >= 15 is 0 Å². The first-order valence-electron chi connectivity index (χ1n) is 6.03. The highest BCUT2D eigenvalue weighted by Crippen LogP contribution is 2.17. The van der Waals surface area contributed by atoms with Crippen LogP contribution in [0.3, 0.4) is 0 Å². The third-order valence-corrected chi connectivity index (χ3v) is 3.11. The molecule has 1 fully saturated rings. The molecule has 0 amide bonds. The number of rotatable bonds is 5. The zero-order valence-electron chi connectivity index (χ0n) is 10.9. The molecule has 100 valence electrons. The van der Waals surface area contributed by atoms with Crippen LogP contribution in [0.15, 0.2) is 0 Å². The standard InChI is InChI=1S/C12H23NO4/c1-12(15,11(14)16-3)9-13(2)8-10-4-6-17-7-5-10/h10,15H,4-9H2,1-3H3. The molecule has 1 atom stereocenters. The van der Waals surface area contributed by atoms with Gasteiger partial charge in [-0.25, -0.2) is 4.79 Å². The van der Waals surface area contributed by atoms with Crippen LogP contribution < -0.4 is 0 Å². The number of esters is 1. The molecule has 1 saturated heterocycles. The molecule has 5 nitrogen and oxygen atoms in total. The van der Waals surface area contributed by atoms with Gasteiger partial charge in [0.25, 0.3) is 0 Å². The van der Waals surface area contributed by atoms with Crippen molar-refractivity contribution in [2.75, 3.05) is 40.5 Å². The highest BCUT2D eigenvalue weighted by Gasteiger charge is 2.33. The molecule has 0 spiro atoms. The Bertz CT molecular complexity index is 249. The van der Waals surface area contributed by atoms with Crippen LogP contribution >= 0.6 is 0 Å². The number of hydrogen-bond acceptors (Lipinski definition) is 5. The van der Waals surface area contributed by atoms with Gasteiger partial charge in [0, 0.05) is 26.3 Å². The molecular weight excluding hydrogens is 222 g/mol. The molecule has 1 aliphatic heterocycles. The fourth-order valence-corrected chi connectivity index (χ4v) is 2.24. The van der Waals surface area contributed by atoms with E-state index in [4.69, 9.17) is 4.74 Å². The number of methoxy groups -OCH3 is 1. The van der Waals surface area contributed by atoms with Crippen LogP contribution in [0, 0.1) is 5.92 Å². The SMILES string of the molecule is COC(=O)C(C)(O)CN(C)CC1CCOCC1. The zero-order valence-corrected chi connectivity index (χ0v) is 10.9. The second-order valence-electron chi connectivity index (χ2n) is 5.02. The first kappa shape index (κ1) is 14.4. The Morgan fingerprint density at radius 1 is 1.53 bits per heavy atom. The molecule has 0 radical (unpaired) electrons. The first-order valence-corrected chi connectivity index (χ1v) is 6.03. The number of ether oxygens (including phenoxy) is 2. The lowest BCUT2D eigenvalue weighted by molar-refractivity contribution is -0.162. The predicted octanol–water partition coefficient (Wildman–Crippen LogP) is 0.269. The van der Waals surface area contributed by atoms with Gasteiger partial charge in [-0.05, 0) is 32.7 Å². The van der Waals surface area contributed by atoms with Gasteiger partial charge < -0.3 is 19.5 Å². The van der Waals surface area contributed by atoms with Crippen LogP contribution in [-0.4, -0.2) is 62.0 Å². The molecule has 0 aromatic heterocycles. The fraction of sp³-hybridized carbons (Fsp3) is 0.917. The molecular formula is C12H23NO4. The molecule has 17 heavy (non-hydrogen) atoms. The van der Waals surface area contributed by atoms with E-state index in [2.05, 4.69) is 4.74 Å². The Morgan fingerprint density at radius 3 is 2.65 bits per heavy atom. The molecule has 1 unspecified atom stereocenters. The minimum absolute atomic E-state index is 0.289. The van der Waals surface area contributed by atoms with Crippen LogP contribution in [0.4, 0.5) is 0 Å². The summed E-state index contributed by atoms with van der Waals surface area (Å²) in [6.45, 7) is 4.27. The highest BCUT2D eigenvalue weighted by atomic mass is 16.5. The van der Waals surface area contributed by atoms with E-state index in [0.717, 1.165) is 32.6 Å². The number of nitrogens with zero attached hydrogens (tertiary/aromatic N) is 1. The van der Waals surface area contributed by atoms with E-state index in [1.54, 1.807) is 0 Å². The molecule has 0 aliphatic carbocycles. The summed E-state index contributed by atoms with van der Waals surface area (Å²) >= 11 is 0. The molecule has 5 heteroatoms. The summed E-state index contributed by atoms with van der Waals surface area (Å²) in [4.78, 5) is 13.3. The smallest absolute Gasteiger partial charge is 0.338 e. The molecule has 1 N–H and O–H groups in total. The fourth-order valence-electron chi connectivity index (χ4n) is 2.24. The molecule has 0 bridgehead atoms. The third-order valence-electron chi connectivity index (χ3n) is 3.11. The lowest BCUT2D eigenvalue weighted by atomic mass is 9.99. The quantitative estimate of drug-likeness (QED) is 0.705. The summed E-state index contributed by atoms with van der Waals surface area (Å²) in [7, 11) is 3.20. The van der Waals surface area contributed by atoms with Gasteiger partial charge in [-0.3, -0.25) is 0 Å². The zero-order chi connectivity index (χ0) is 12.9. The molecule has 0 aromatic rings. The van der Waals surface area contributed by atoms with Crippen molar-refractivity contribution in [3.63, 3.8) is 0 Å².